The van der Waals surface area contributed by atoms with Gasteiger partial charge in [0, 0.05) is 26.2 Å². The molecular weight excluding hydrogens is 224 g/mol. The number of hydrogen-bond acceptors (Lipinski definition) is 3. The molecule has 0 heterocycles. The van der Waals surface area contributed by atoms with E-state index in [1.807, 2.05) is 12.1 Å². The van der Waals surface area contributed by atoms with Crippen LogP contribution in [0.15, 0.2) is 24.3 Å². The Balaban J connectivity index is 2.59. The zero-order chi connectivity index (χ0) is 13.5. The molecule has 1 aromatic carbocycles. The average Bonchev–Trinajstić information content (AvgIpc) is 2.25. The molecule has 18 heavy (non-hydrogen) atoms. The normalized spacial score (nSPS) is 11.7. The van der Waals surface area contributed by atoms with E-state index >= 15 is 0 Å². The van der Waals surface area contributed by atoms with Gasteiger partial charge >= 0.3 is 0 Å². The Labute approximate surface area is 111 Å². The zero-order valence-corrected chi connectivity index (χ0v) is 12.1. The van der Waals surface area contributed by atoms with Crippen molar-refractivity contribution in [1.29, 1.82) is 0 Å². The summed E-state index contributed by atoms with van der Waals surface area (Å²) in [4.78, 5) is 4.65. The van der Waals surface area contributed by atoms with Crippen molar-refractivity contribution in [3.05, 3.63) is 29.8 Å². The van der Waals surface area contributed by atoms with Crippen molar-refractivity contribution in [3.63, 3.8) is 0 Å². The van der Waals surface area contributed by atoms with Crippen LogP contribution in [0.3, 0.4) is 0 Å². The molecule has 1 rings (SSSR count). The standard InChI is InChI=1S/C15H26N2O/c1-13(2)11-17(9-8-16(3)4)12-14-6-5-7-15(18)10-14/h5-7,10,13,18H,8-9,11-12H2,1-4H3. The molecule has 0 amide bonds. The van der Waals surface area contributed by atoms with E-state index in [1.165, 1.54) is 5.56 Å². The summed E-state index contributed by atoms with van der Waals surface area (Å²) >= 11 is 0. The number of benzene rings is 1. The molecule has 0 radical (unpaired) electrons. The lowest BCUT2D eigenvalue weighted by molar-refractivity contribution is 0.211. The summed E-state index contributed by atoms with van der Waals surface area (Å²) in [7, 11) is 4.20. The second-order valence-electron chi connectivity index (χ2n) is 5.60. The van der Waals surface area contributed by atoms with E-state index in [1.54, 1.807) is 6.07 Å². The lowest BCUT2D eigenvalue weighted by Gasteiger charge is -2.26. The molecule has 1 N–H and O–H groups in total. The molecule has 0 saturated heterocycles. The molecule has 0 spiro atoms. The van der Waals surface area contributed by atoms with Crippen molar-refractivity contribution >= 4 is 0 Å². The van der Waals surface area contributed by atoms with Crippen LogP contribution >= 0.6 is 0 Å². The molecule has 0 bridgehead atoms. The summed E-state index contributed by atoms with van der Waals surface area (Å²) in [6.45, 7) is 8.59. The maximum absolute atomic E-state index is 9.50. The highest BCUT2D eigenvalue weighted by Crippen LogP contribution is 2.13. The van der Waals surface area contributed by atoms with Gasteiger partial charge in [0.1, 0.15) is 5.75 Å². The van der Waals surface area contributed by atoms with E-state index < -0.39 is 0 Å². The first-order valence-electron chi connectivity index (χ1n) is 6.62. The van der Waals surface area contributed by atoms with Gasteiger partial charge in [-0.25, -0.2) is 0 Å². The Kier molecular flexibility index (Phi) is 6.16. The van der Waals surface area contributed by atoms with Crippen LogP contribution in [0, 0.1) is 5.92 Å². The minimum atomic E-state index is 0.351. The van der Waals surface area contributed by atoms with E-state index in [0.717, 1.165) is 26.2 Å². The number of hydrogen-bond donors (Lipinski definition) is 1. The Morgan fingerprint density at radius 3 is 2.44 bits per heavy atom. The summed E-state index contributed by atoms with van der Waals surface area (Å²) in [6.07, 6.45) is 0. The van der Waals surface area contributed by atoms with Crippen LogP contribution < -0.4 is 0 Å². The van der Waals surface area contributed by atoms with Gasteiger partial charge in [-0.15, -0.1) is 0 Å². The highest BCUT2D eigenvalue weighted by atomic mass is 16.3. The molecule has 1 aromatic rings. The molecule has 3 nitrogen and oxygen atoms in total. The Morgan fingerprint density at radius 1 is 1.17 bits per heavy atom. The Hall–Kier alpha value is -1.06. The Bertz CT molecular complexity index is 350. The maximum atomic E-state index is 9.50. The molecule has 0 aliphatic rings. The SMILES string of the molecule is CC(C)CN(CCN(C)C)Cc1cccc(O)c1. The smallest absolute Gasteiger partial charge is 0.115 e. The predicted octanol–water partition coefficient (Wildman–Crippen LogP) is 2.41. The minimum absolute atomic E-state index is 0.351. The van der Waals surface area contributed by atoms with Crippen LogP contribution in [0.5, 0.6) is 5.75 Å². The van der Waals surface area contributed by atoms with Gasteiger partial charge in [-0.2, -0.15) is 0 Å². The summed E-state index contributed by atoms with van der Waals surface area (Å²) in [5, 5.41) is 9.50. The fourth-order valence-corrected chi connectivity index (χ4v) is 2.01. The largest absolute Gasteiger partial charge is 0.508 e. The van der Waals surface area contributed by atoms with Gasteiger partial charge in [-0.3, -0.25) is 4.90 Å². The summed E-state index contributed by atoms with van der Waals surface area (Å²) in [5.74, 6) is 1.01. The second-order valence-corrected chi connectivity index (χ2v) is 5.60. The minimum Gasteiger partial charge on any atom is -0.508 e. The van der Waals surface area contributed by atoms with Crippen molar-refractivity contribution in [2.75, 3.05) is 33.7 Å². The molecule has 0 aromatic heterocycles. The van der Waals surface area contributed by atoms with Crippen LogP contribution in [-0.2, 0) is 6.54 Å². The van der Waals surface area contributed by atoms with Crippen LogP contribution in [0.4, 0.5) is 0 Å². The summed E-state index contributed by atoms with van der Waals surface area (Å²) in [6, 6.07) is 7.55. The lowest BCUT2D eigenvalue weighted by atomic mass is 10.1. The third kappa shape index (κ3) is 6.03. The fraction of sp³-hybridized carbons (Fsp3) is 0.600. The maximum Gasteiger partial charge on any atom is 0.115 e. The summed E-state index contributed by atoms with van der Waals surface area (Å²) in [5.41, 5.74) is 1.18. The number of rotatable bonds is 7. The first kappa shape index (κ1) is 15.0. The van der Waals surface area contributed by atoms with Crippen molar-refractivity contribution < 1.29 is 5.11 Å². The molecule has 0 aliphatic carbocycles. The third-order valence-electron chi connectivity index (χ3n) is 2.80. The van der Waals surface area contributed by atoms with Crippen molar-refractivity contribution in [3.8, 4) is 5.75 Å². The predicted molar refractivity (Wildman–Crippen MR) is 76.8 cm³/mol. The Morgan fingerprint density at radius 2 is 1.89 bits per heavy atom. The molecular formula is C15H26N2O. The van der Waals surface area contributed by atoms with E-state index in [0.29, 0.717) is 11.7 Å². The number of phenols is 1. The topological polar surface area (TPSA) is 26.7 Å². The highest BCUT2D eigenvalue weighted by Gasteiger charge is 2.09. The van der Waals surface area contributed by atoms with Crippen LogP contribution in [-0.4, -0.2) is 48.6 Å². The monoisotopic (exact) mass is 250 g/mol. The van der Waals surface area contributed by atoms with Gasteiger partial charge in [0.2, 0.25) is 0 Å². The number of aromatic hydroxyl groups is 1. The molecule has 0 fully saturated rings. The van der Waals surface area contributed by atoms with E-state index in [4.69, 9.17) is 0 Å². The average molecular weight is 250 g/mol. The van der Waals surface area contributed by atoms with Gasteiger partial charge in [0.15, 0.2) is 0 Å². The summed E-state index contributed by atoms with van der Waals surface area (Å²) < 4.78 is 0. The highest BCUT2D eigenvalue weighted by molar-refractivity contribution is 5.26. The van der Waals surface area contributed by atoms with Crippen molar-refractivity contribution in [1.82, 2.24) is 9.80 Å². The quantitative estimate of drug-likeness (QED) is 0.805. The van der Waals surface area contributed by atoms with E-state index in [2.05, 4.69) is 43.8 Å². The van der Waals surface area contributed by atoms with Crippen LogP contribution in [0.1, 0.15) is 19.4 Å². The number of likely N-dealkylation sites (N-methyl/N-ethyl adjacent to an activating group) is 1. The van der Waals surface area contributed by atoms with Gasteiger partial charge in [-0.1, -0.05) is 26.0 Å². The van der Waals surface area contributed by atoms with E-state index in [-0.39, 0.29) is 0 Å². The van der Waals surface area contributed by atoms with E-state index in [9.17, 15) is 5.11 Å². The third-order valence-corrected chi connectivity index (χ3v) is 2.80. The first-order chi connectivity index (χ1) is 8.47. The number of phenolic OH excluding ortho intramolecular Hbond substituents is 1. The van der Waals surface area contributed by atoms with Crippen LogP contribution in [0.25, 0.3) is 0 Å². The van der Waals surface area contributed by atoms with Gasteiger partial charge in [0.25, 0.3) is 0 Å². The van der Waals surface area contributed by atoms with Crippen LogP contribution in [0.2, 0.25) is 0 Å². The first-order valence-corrected chi connectivity index (χ1v) is 6.62. The fourth-order valence-electron chi connectivity index (χ4n) is 2.01. The molecule has 3 heteroatoms. The molecule has 0 atom stereocenters. The molecule has 0 saturated carbocycles. The van der Waals surface area contributed by atoms with Crippen molar-refractivity contribution in [2.45, 2.75) is 20.4 Å². The lowest BCUT2D eigenvalue weighted by Crippen LogP contribution is -2.33. The molecule has 0 unspecified atom stereocenters. The van der Waals surface area contributed by atoms with Gasteiger partial charge in [-0.05, 0) is 37.7 Å². The number of nitrogens with zero attached hydrogens (tertiary/aromatic N) is 2. The molecule has 102 valence electrons. The zero-order valence-electron chi connectivity index (χ0n) is 12.1. The van der Waals surface area contributed by atoms with Gasteiger partial charge < -0.3 is 10.0 Å². The van der Waals surface area contributed by atoms with Gasteiger partial charge in [0.05, 0.1) is 0 Å². The molecule has 0 aliphatic heterocycles. The van der Waals surface area contributed by atoms with Crippen molar-refractivity contribution in [2.24, 2.45) is 5.92 Å². The second kappa shape index (κ2) is 7.39.